The molecule has 3 N–H and O–H groups in total. The molecule has 0 fully saturated rings. The summed E-state index contributed by atoms with van der Waals surface area (Å²) in [5.74, 6) is 1.45. The number of rotatable bonds is 6. The number of nitrogen functional groups attached to an aromatic ring is 1. The summed E-state index contributed by atoms with van der Waals surface area (Å²) in [7, 11) is 3.31. The van der Waals surface area contributed by atoms with E-state index in [1.807, 2.05) is 6.07 Å². The molecule has 0 unspecified atom stereocenters. The van der Waals surface area contributed by atoms with Crippen LogP contribution in [-0.2, 0) is 13.0 Å². The molecule has 26 heavy (non-hydrogen) atoms. The summed E-state index contributed by atoms with van der Waals surface area (Å²) >= 11 is 0. The van der Waals surface area contributed by atoms with Crippen LogP contribution in [0.2, 0.25) is 0 Å². The fourth-order valence-electron chi connectivity index (χ4n) is 3.20. The van der Waals surface area contributed by atoms with Crippen molar-refractivity contribution in [1.82, 2.24) is 10.2 Å². The Morgan fingerprint density at radius 3 is 2.42 bits per heavy atom. The van der Waals surface area contributed by atoms with Crippen molar-refractivity contribution >= 4 is 11.6 Å². The highest BCUT2D eigenvalue weighted by Crippen LogP contribution is 2.33. The Balaban J connectivity index is 1.54. The fraction of sp³-hybridized carbons (Fsp3) is 0.350. The second kappa shape index (κ2) is 8.10. The predicted octanol–water partition coefficient (Wildman–Crippen LogP) is 2.07. The van der Waals surface area contributed by atoms with Crippen molar-refractivity contribution in [3.63, 3.8) is 0 Å². The average molecular weight is 355 g/mol. The lowest BCUT2D eigenvalue weighted by Crippen LogP contribution is -2.37. The van der Waals surface area contributed by atoms with Crippen molar-refractivity contribution in [3.05, 3.63) is 53.1 Å². The van der Waals surface area contributed by atoms with Gasteiger partial charge in [-0.05, 0) is 53.9 Å². The van der Waals surface area contributed by atoms with Crippen molar-refractivity contribution in [1.29, 1.82) is 0 Å². The molecule has 1 aliphatic heterocycles. The predicted molar refractivity (Wildman–Crippen MR) is 102 cm³/mol. The van der Waals surface area contributed by atoms with Gasteiger partial charge in [0.2, 0.25) is 0 Å². The van der Waals surface area contributed by atoms with Crippen LogP contribution in [-0.4, -0.2) is 44.7 Å². The number of fused-ring (bicyclic) bond motifs is 1. The van der Waals surface area contributed by atoms with Crippen LogP contribution >= 0.6 is 0 Å². The van der Waals surface area contributed by atoms with Gasteiger partial charge in [0, 0.05) is 37.4 Å². The zero-order chi connectivity index (χ0) is 18.5. The number of nitrogens with zero attached hydrogens (tertiary/aromatic N) is 1. The number of amides is 1. The molecule has 1 amide bonds. The molecule has 1 heterocycles. The number of nitrogens with two attached hydrogens (primary N) is 1. The Morgan fingerprint density at radius 2 is 1.77 bits per heavy atom. The lowest BCUT2D eigenvalue weighted by Gasteiger charge is -2.29. The van der Waals surface area contributed by atoms with E-state index in [0.717, 1.165) is 37.6 Å². The van der Waals surface area contributed by atoms with Crippen LogP contribution in [0.25, 0.3) is 0 Å². The van der Waals surface area contributed by atoms with E-state index < -0.39 is 0 Å². The molecule has 0 bridgehead atoms. The van der Waals surface area contributed by atoms with E-state index in [9.17, 15) is 4.79 Å². The van der Waals surface area contributed by atoms with Gasteiger partial charge in [0.05, 0.1) is 14.2 Å². The van der Waals surface area contributed by atoms with Crippen LogP contribution in [0, 0.1) is 0 Å². The second-order valence-electron chi connectivity index (χ2n) is 6.38. The van der Waals surface area contributed by atoms with Crippen LogP contribution in [0.4, 0.5) is 5.69 Å². The molecule has 138 valence electrons. The molecule has 0 aromatic heterocycles. The molecule has 3 rings (SSSR count). The van der Waals surface area contributed by atoms with Gasteiger partial charge in [-0.15, -0.1) is 0 Å². The zero-order valence-electron chi connectivity index (χ0n) is 15.2. The summed E-state index contributed by atoms with van der Waals surface area (Å²) in [6.45, 7) is 3.20. The first-order valence-electron chi connectivity index (χ1n) is 8.70. The summed E-state index contributed by atoms with van der Waals surface area (Å²) in [6.07, 6.45) is 0.960. The smallest absolute Gasteiger partial charge is 0.251 e. The van der Waals surface area contributed by atoms with Crippen molar-refractivity contribution < 1.29 is 14.3 Å². The van der Waals surface area contributed by atoms with E-state index in [-0.39, 0.29) is 5.91 Å². The third-order valence-corrected chi connectivity index (χ3v) is 4.68. The first-order valence-corrected chi connectivity index (χ1v) is 8.70. The van der Waals surface area contributed by atoms with Gasteiger partial charge in [-0.2, -0.15) is 0 Å². The minimum atomic E-state index is -0.0752. The monoisotopic (exact) mass is 355 g/mol. The van der Waals surface area contributed by atoms with Gasteiger partial charge in [0.15, 0.2) is 11.5 Å². The third kappa shape index (κ3) is 4.08. The molecule has 2 aromatic rings. The molecular formula is C20H25N3O3. The Labute approximate surface area is 153 Å². The molecule has 1 aliphatic rings. The number of ether oxygens (including phenoxy) is 2. The first-order chi connectivity index (χ1) is 12.6. The van der Waals surface area contributed by atoms with E-state index in [1.165, 1.54) is 11.1 Å². The number of carbonyl (C=O) groups excluding carboxylic acids is 1. The quantitative estimate of drug-likeness (QED) is 0.776. The van der Waals surface area contributed by atoms with Crippen LogP contribution in [0.1, 0.15) is 21.5 Å². The third-order valence-electron chi connectivity index (χ3n) is 4.68. The van der Waals surface area contributed by atoms with E-state index in [4.69, 9.17) is 15.2 Å². The summed E-state index contributed by atoms with van der Waals surface area (Å²) in [5, 5.41) is 2.96. The van der Waals surface area contributed by atoms with Gasteiger partial charge in [0.25, 0.3) is 5.91 Å². The maximum atomic E-state index is 12.1. The zero-order valence-corrected chi connectivity index (χ0v) is 15.2. The topological polar surface area (TPSA) is 76.8 Å². The largest absolute Gasteiger partial charge is 0.493 e. The van der Waals surface area contributed by atoms with Crippen molar-refractivity contribution in [2.24, 2.45) is 0 Å². The number of hydrogen-bond donors (Lipinski definition) is 2. The molecule has 0 aliphatic carbocycles. The number of benzene rings is 2. The highest BCUT2D eigenvalue weighted by molar-refractivity contribution is 5.94. The summed E-state index contributed by atoms with van der Waals surface area (Å²) < 4.78 is 10.8. The number of carbonyl (C=O) groups is 1. The van der Waals surface area contributed by atoms with Crippen LogP contribution < -0.4 is 20.5 Å². The average Bonchev–Trinajstić information content (AvgIpc) is 2.67. The van der Waals surface area contributed by atoms with Crippen molar-refractivity contribution in [2.75, 3.05) is 39.6 Å². The molecule has 6 heteroatoms. The lowest BCUT2D eigenvalue weighted by atomic mass is 9.99. The maximum absolute atomic E-state index is 12.1. The Bertz CT molecular complexity index is 775. The Morgan fingerprint density at radius 1 is 1.12 bits per heavy atom. The second-order valence-corrected chi connectivity index (χ2v) is 6.38. The number of methoxy groups -OCH3 is 2. The van der Waals surface area contributed by atoms with Crippen molar-refractivity contribution in [2.45, 2.75) is 13.0 Å². The normalized spacial score (nSPS) is 13.8. The SMILES string of the molecule is COc1cc2c(cc1OC)CN(CCNC(=O)c1ccc(N)cc1)CC2. The molecule has 6 nitrogen and oxygen atoms in total. The highest BCUT2D eigenvalue weighted by Gasteiger charge is 2.19. The number of nitrogens with one attached hydrogen (secondary N) is 1. The van der Waals surface area contributed by atoms with Crippen LogP contribution in [0.5, 0.6) is 11.5 Å². The number of hydrogen-bond acceptors (Lipinski definition) is 5. The minimum Gasteiger partial charge on any atom is -0.493 e. The number of anilines is 1. The summed E-state index contributed by atoms with van der Waals surface area (Å²) in [6, 6.07) is 11.1. The van der Waals surface area contributed by atoms with E-state index in [0.29, 0.717) is 17.8 Å². The molecule has 0 saturated carbocycles. The van der Waals surface area contributed by atoms with Gasteiger partial charge in [-0.3, -0.25) is 9.69 Å². The maximum Gasteiger partial charge on any atom is 0.251 e. The van der Waals surface area contributed by atoms with Crippen LogP contribution in [0.15, 0.2) is 36.4 Å². The summed E-state index contributed by atoms with van der Waals surface area (Å²) in [4.78, 5) is 14.5. The van der Waals surface area contributed by atoms with E-state index in [2.05, 4.69) is 16.3 Å². The van der Waals surface area contributed by atoms with Crippen LogP contribution in [0.3, 0.4) is 0 Å². The first kappa shape index (κ1) is 18.1. The van der Waals surface area contributed by atoms with Gasteiger partial charge < -0.3 is 20.5 Å². The summed E-state index contributed by atoms with van der Waals surface area (Å²) in [5.41, 5.74) is 9.47. The molecule has 0 spiro atoms. The lowest BCUT2D eigenvalue weighted by molar-refractivity contribution is 0.0947. The van der Waals surface area contributed by atoms with Crippen molar-refractivity contribution in [3.8, 4) is 11.5 Å². The molecular weight excluding hydrogens is 330 g/mol. The minimum absolute atomic E-state index is 0.0752. The Hall–Kier alpha value is -2.73. The molecule has 0 radical (unpaired) electrons. The molecule has 2 aromatic carbocycles. The van der Waals surface area contributed by atoms with Gasteiger partial charge in [-0.25, -0.2) is 0 Å². The van der Waals surface area contributed by atoms with Gasteiger partial charge >= 0.3 is 0 Å². The van der Waals surface area contributed by atoms with E-state index in [1.54, 1.807) is 38.5 Å². The Kier molecular flexibility index (Phi) is 5.63. The van der Waals surface area contributed by atoms with Gasteiger partial charge in [0.1, 0.15) is 0 Å². The fourth-order valence-corrected chi connectivity index (χ4v) is 3.20. The van der Waals surface area contributed by atoms with Gasteiger partial charge in [-0.1, -0.05) is 0 Å². The highest BCUT2D eigenvalue weighted by atomic mass is 16.5. The molecule has 0 saturated heterocycles. The standard InChI is InChI=1S/C20H25N3O3/c1-25-18-11-15-7-9-23(13-16(15)12-19(18)26-2)10-8-22-20(24)14-3-5-17(21)6-4-14/h3-6,11-12H,7-10,13,21H2,1-2H3,(H,22,24). The molecule has 0 atom stereocenters. The van der Waals surface area contributed by atoms with E-state index >= 15 is 0 Å².